The Labute approximate surface area is 249 Å². The number of H-pyrrole nitrogens is 1. The van der Waals surface area contributed by atoms with Gasteiger partial charge in [-0.15, -0.1) is 0 Å². The first-order valence-corrected chi connectivity index (χ1v) is 15.1. The zero-order valence-corrected chi connectivity index (χ0v) is 24.0. The molecule has 0 bridgehead atoms. The van der Waals surface area contributed by atoms with E-state index in [4.69, 9.17) is 15.2 Å². The number of para-hydroxylation sites is 1. The third-order valence-corrected chi connectivity index (χ3v) is 8.91. The van der Waals surface area contributed by atoms with Crippen LogP contribution in [0.2, 0.25) is 0 Å². The summed E-state index contributed by atoms with van der Waals surface area (Å²) in [5.74, 6) is -0.573. The number of ether oxygens (including phenoxy) is 2. The lowest BCUT2D eigenvalue weighted by molar-refractivity contribution is 0.0823. The van der Waals surface area contributed by atoms with Gasteiger partial charge < -0.3 is 20.2 Å². The number of benzene rings is 3. The summed E-state index contributed by atoms with van der Waals surface area (Å²) in [5, 5.41) is 4.17. The quantitative estimate of drug-likeness (QED) is 0.154. The van der Waals surface area contributed by atoms with Crippen LogP contribution in [-0.2, 0) is 10.0 Å². The van der Waals surface area contributed by atoms with Crippen LogP contribution in [0.1, 0.15) is 34.5 Å². The fraction of sp³-hybridized carbons (Fsp3) is 0.200. The van der Waals surface area contributed by atoms with Crippen LogP contribution in [0.15, 0.2) is 66.9 Å². The van der Waals surface area contributed by atoms with Crippen molar-refractivity contribution in [2.75, 3.05) is 17.1 Å². The van der Waals surface area contributed by atoms with E-state index in [0.717, 1.165) is 0 Å². The highest BCUT2D eigenvalue weighted by Crippen LogP contribution is 2.36. The zero-order valence-electron chi connectivity index (χ0n) is 23.2. The van der Waals surface area contributed by atoms with Gasteiger partial charge in [0.1, 0.15) is 23.9 Å². The van der Waals surface area contributed by atoms with Crippen LogP contribution in [0.4, 0.5) is 24.7 Å². The monoisotopic (exact) mass is 625 g/mol. The van der Waals surface area contributed by atoms with Crippen molar-refractivity contribution in [3.05, 3.63) is 89.5 Å². The largest absolute Gasteiger partial charge is 0.485 e. The van der Waals surface area contributed by atoms with Gasteiger partial charge in [0.25, 0.3) is 6.43 Å². The molecule has 3 aromatic carbocycles. The molecule has 1 aliphatic rings. The van der Waals surface area contributed by atoms with E-state index >= 15 is 0 Å². The molecule has 0 radical (unpaired) electrons. The molecule has 10 nitrogen and oxygen atoms in total. The minimum Gasteiger partial charge on any atom is -0.485 e. The molecule has 1 aliphatic carbocycles. The van der Waals surface area contributed by atoms with Crippen LogP contribution in [0.3, 0.4) is 0 Å². The summed E-state index contributed by atoms with van der Waals surface area (Å²) in [6.45, 7) is 0.845. The minimum atomic E-state index is -3.73. The number of nitrogens with one attached hydrogen (secondary N) is 2. The first kappa shape index (κ1) is 29.1. The highest BCUT2D eigenvalue weighted by molar-refractivity contribution is 7.93. The number of anilines is 2. The van der Waals surface area contributed by atoms with Gasteiger partial charge in [0.05, 0.1) is 34.1 Å². The molecule has 0 unspecified atom stereocenters. The number of aromatic nitrogens is 3. The summed E-state index contributed by atoms with van der Waals surface area (Å²) in [5.41, 5.74) is 8.16. The number of rotatable bonds is 11. The lowest BCUT2D eigenvalue weighted by Gasteiger charge is -2.13. The fourth-order valence-electron chi connectivity index (χ4n) is 4.70. The molecular formula is C30H26F3N5O5S. The standard InChI is InChI=1S/C30H26F3N5O5S/c1-16-10-18(43-26-5-3-2-4-21(26)31)6-9-25(16)38-30(34)20(14-35-38)29(39)24-11-17-12-27(42-15-28(32)33)23(13-22(17)36-24)37-44(40,41)19-7-8-19/h2-6,9-14,19,28,36-37H,7-8,15,34H2,1H3. The van der Waals surface area contributed by atoms with Gasteiger partial charge in [-0.3, -0.25) is 9.52 Å². The number of aryl methyl sites for hydroxylation is 1. The number of hydrogen-bond acceptors (Lipinski definition) is 7. The highest BCUT2D eigenvalue weighted by Gasteiger charge is 2.36. The Bertz CT molecular complexity index is 2000. The van der Waals surface area contributed by atoms with Crippen LogP contribution in [0.5, 0.6) is 17.2 Å². The Morgan fingerprint density at radius 1 is 1.14 bits per heavy atom. The smallest absolute Gasteiger partial charge is 0.272 e. The molecule has 5 aromatic rings. The molecule has 0 amide bonds. The van der Waals surface area contributed by atoms with Gasteiger partial charge >= 0.3 is 0 Å². The topological polar surface area (TPSA) is 141 Å². The van der Waals surface area contributed by atoms with E-state index in [1.165, 1.54) is 41.2 Å². The maximum Gasteiger partial charge on any atom is 0.272 e. The van der Waals surface area contributed by atoms with Gasteiger partial charge in [0.2, 0.25) is 15.8 Å². The fourth-order valence-corrected chi connectivity index (χ4v) is 6.09. The van der Waals surface area contributed by atoms with Crippen molar-refractivity contribution in [1.82, 2.24) is 14.8 Å². The van der Waals surface area contributed by atoms with Crippen molar-refractivity contribution in [3.8, 4) is 22.9 Å². The van der Waals surface area contributed by atoms with Crippen LogP contribution >= 0.6 is 0 Å². The maximum atomic E-state index is 14.0. The van der Waals surface area contributed by atoms with Crippen molar-refractivity contribution in [2.24, 2.45) is 0 Å². The number of alkyl halides is 2. The molecule has 0 aliphatic heterocycles. The van der Waals surface area contributed by atoms with Gasteiger partial charge in [-0.1, -0.05) is 12.1 Å². The van der Waals surface area contributed by atoms with Crippen LogP contribution in [-0.4, -0.2) is 47.2 Å². The molecule has 228 valence electrons. The first-order valence-electron chi connectivity index (χ1n) is 13.5. The normalized spacial score (nSPS) is 13.4. The summed E-state index contributed by atoms with van der Waals surface area (Å²) < 4.78 is 79.6. The van der Waals surface area contributed by atoms with E-state index < -0.39 is 39.9 Å². The Morgan fingerprint density at radius 3 is 2.61 bits per heavy atom. The molecule has 6 rings (SSSR count). The average Bonchev–Trinajstić information content (AvgIpc) is 3.67. The second kappa shape index (κ2) is 11.3. The van der Waals surface area contributed by atoms with E-state index in [1.807, 2.05) is 0 Å². The summed E-state index contributed by atoms with van der Waals surface area (Å²) >= 11 is 0. The van der Waals surface area contributed by atoms with Gasteiger partial charge in [-0.05, 0) is 73.9 Å². The number of carbonyl (C=O) groups is 1. The lowest BCUT2D eigenvalue weighted by Crippen LogP contribution is -2.18. The van der Waals surface area contributed by atoms with E-state index in [1.54, 1.807) is 37.3 Å². The van der Waals surface area contributed by atoms with E-state index in [-0.39, 0.29) is 34.3 Å². The van der Waals surface area contributed by atoms with Crippen molar-refractivity contribution in [3.63, 3.8) is 0 Å². The molecule has 1 saturated carbocycles. The Balaban J connectivity index is 1.28. The van der Waals surface area contributed by atoms with Gasteiger partial charge in [0, 0.05) is 10.9 Å². The van der Waals surface area contributed by atoms with Crippen LogP contribution in [0.25, 0.3) is 16.6 Å². The number of carbonyl (C=O) groups excluding carboxylic acids is 1. The third kappa shape index (κ3) is 5.80. The molecule has 0 saturated heterocycles. The Hall–Kier alpha value is -4.98. The maximum absolute atomic E-state index is 14.0. The number of nitrogens with zero attached hydrogens (tertiary/aromatic N) is 2. The van der Waals surface area contributed by atoms with Crippen molar-refractivity contribution >= 4 is 38.2 Å². The number of fused-ring (bicyclic) bond motifs is 1. The second-order valence-corrected chi connectivity index (χ2v) is 12.3. The summed E-state index contributed by atoms with van der Waals surface area (Å²) in [4.78, 5) is 16.5. The van der Waals surface area contributed by atoms with E-state index in [0.29, 0.717) is 40.7 Å². The lowest BCUT2D eigenvalue weighted by atomic mass is 10.1. The Kier molecular flexibility index (Phi) is 7.45. The number of hydrogen-bond donors (Lipinski definition) is 3. The molecular weight excluding hydrogens is 599 g/mol. The summed E-state index contributed by atoms with van der Waals surface area (Å²) in [6.07, 6.45) is -0.447. The molecule has 0 atom stereocenters. The third-order valence-electron chi connectivity index (χ3n) is 7.06. The number of ketones is 1. The predicted molar refractivity (Wildman–Crippen MR) is 158 cm³/mol. The number of halogens is 3. The van der Waals surface area contributed by atoms with Crippen LogP contribution in [0, 0.1) is 12.7 Å². The molecule has 14 heteroatoms. The number of sulfonamides is 1. The average molecular weight is 626 g/mol. The SMILES string of the molecule is Cc1cc(Oc2ccccc2F)ccc1-n1ncc(C(=O)c2cc3cc(OCC(F)F)c(NS(=O)(=O)C4CC4)cc3[nH]2)c1N. The minimum absolute atomic E-state index is 0.0175. The molecule has 2 aromatic heterocycles. The summed E-state index contributed by atoms with van der Waals surface area (Å²) in [7, 11) is -3.73. The number of aromatic amines is 1. The number of nitrogens with two attached hydrogens (primary N) is 1. The van der Waals surface area contributed by atoms with Crippen molar-refractivity contribution < 1.29 is 35.9 Å². The van der Waals surface area contributed by atoms with Gasteiger partial charge in [-0.2, -0.15) is 5.10 Å². The van der Waals surface area contributed by atoms with Crippen molar-refractivity contribution in [2.45, 2.75) is 31.4 Å². The molecule has 0 spiro atoms. The highest BCUT2D eigenvalue weighted by atomic mass is 32.2. The molecule has 1 fully saturated rings. The zero-order chi connectivity index (χ0) is 31.2. The predicted octanol–water partition coefficient (Wildman–Crippen LogP) is 5.95. The first-order chi connectivity index (χ1) is 21.0. The summed E-state index contributed by atoms with van der Waals surface area (Å²) in [6, 6.07) is 15.3. The molecule has 44 heavy (non-hydrogen) atoms. The Morgan fingerprint density at radius 2 is 1.91 bits per heavy atom. The van der Waals surface area contributed by atoms with Gasteiger partial charge in [-0.25, -0.2) is 26.3 Å². The number of nitrogen functional groups attached to an aromatic ring is 1. The van der Waals surface area contributed by atoms with Crippen molar-refractivity contribution in [1.29, 1.82) is 0 Å². The van der Waals surface area contributed by atoms with E-state index in [9.17, 15) is 26.4 Å². The molecule has 2 heterocycles. The second-order valence-electron chi connectivity index (χ2n) is 10.3. The van der Waals surface area contributed by atoms with Gasteiger partial charge in [0.15, 0.2) is 11.6 Å². The van der Waals surface area contributed by atoms with E-state index in [2.05, 4.69) is 14.8 Å². The van der Waals surface area contributed by atoms with Crippen LogP contribution < -0.4 is 19.9 Å². The molecule has 4 N–H and O–H groups in total.